The van der Waals surface area contributed by atoms with E-state index in [0.717, 1.165) is 17.6 Å². The number of carbonyl (C=O) groups is 1. The highest BCUT2D eigenvalue weighted by Gasteiger charge is 2.15. The first-order valence-corrected chi connectivity index (χ1v) is 8.31. The van der Waals surface area contributed by atoms with Crippen molar-refractivity contribution >= 4 is 32.2 Å². The Kier molecular flexibility index (Phi) is 3.78. The Hall–Kier alpha value is -1.93. The Morgan fingerprint density at radius 1 is 1.40 bits per heavy atom. The van der Waals surface area contributed by atoms with Crippen molar-refractivity contribution < 1.29 is 18.3 Å². The molecular formula is C12H12N2O4S2. The molecule has 0 aliphatic carbocycles. The number of phenolic OH excluding ortho intramolecular Hbond substituents is 1. The van der Waals surface area contributed by atoms with E-state index in [0.29, 0.717) is 11.1 Å². The minimum atomic E-state index is -3.38. The fraction of sp³-hybridized carbons (Fsp3) is 0.167. The summed E-state index contributed by atoms with van der Waals surface area (Å²) in [7, 11) is -3.38. The first-order valence-electron chi connectivity index (χ1n) is 5.54. The summed E-state index contributed by atoms with van der Waals surface area (Å²) in [6.45, 7) is 1.69. The number of aromatic nitrogens is 1. The summed E-state index contributed by atoms with van der Waals surface area (Å²) in [5, 5.41) is 13.3. The summed E-state index contributed by atoms with van der Waals surface area (Å²) in [6.07, 6.45) is 1.05. The highest BCUT2D eigenvalue weighted by atomic mass is 32.2. The number of hydrogen-bond donors (Lipinski definition) is 2. The SMILES string of the molecule is Cc1cc(O)ccc1C(=O)Nc1nc(S(C)(=O)=O)cs1. The number of aromatic hydroxyl groups is 1. The van der Waals surface area contributed by atoms with Crippen LogP contribution >= 0.6 is 11.3 Å². The third-order valence-corrected chi connectivity index (χ3v) is 4.41. The molecule has 0 fully saturated rings. The molecular weight excluding hydrogens is 300 g/mol. The minimum Gasteiger partial charge on any atom is -0.508 e. The minimum absolute atomic E-state index is 0.0692. The number of carbonyl (C=O) groups excluding carboxylic acids is 1. The van der Waals surface area contributed by atoms with Crippen LogP contribution in [0, 0.1) is 6.92 Å². The van der Waals surface area contributed by atoms with E-state index in [1.807, 2.05) is 0 Å². The number of nitrogens with one attached hydrogen (secondary N) is 1. The van der Waals surface area contributed by atoms with Crippen LogP contribution in [-0.2, 0) is 9.84 Å². The molecule has 2 N–H and O–H groups in total. The molecule has 20 heavy (non-hydrogen) atoms. The van der Waals surface area contributed by atoms with Gasteiger partial charge < -0.3 is 5.11 Å². The zero-order valence-corrected chi connectivity index (χ0v) is 12.4. The van der Waals surface area contributed by atoms with Crippen LogP contribution in [0.15, 0.2) is 28.6 Å². The van der Waals surface area contributed by atoms with Crippen molar-refractivity contribution in [1.29, 1.82) is 0 Å². The van der Waals surface area contributed by atoms with Crippen molar-refractivity contribution in [3.63, 3.8) is 0 Å². The van der Waals surface area contributed by atoms with Gasteiger partial charge in [-0.05, 0) is 30.7 Å². The molecule has 2 rings (SSSR count). The van der Waals surface area contributed by atoms with Crippen LogP contribution in [0.4, 0.5) is 5.13 Å². The summed E-state index contributed by atoms with van der Waals surface area (Å²) in [5.74, 6) is -0.329. The normalized spacial score (nSPS) is 11.3. The number of hydrogen-bond acceptors (Lipinski definition) is 6. The number of benzene rings is 1. The van der Waals surface area contributed by atoms with Crippen LogP contribution in [0.2, 0.25) is 0 Å². The van der Waals surface area contributed by atoms with Gasteiger partial charge in [0.05, 0.1) is 0 Å². The lowest BCUT2D eigenvalue weighted by Crippen LogP contribution is -2.13. The van der Waals surface area contributed by atoms with E-state index >= 15 is 0 Å². The van der Waals surface area contributed by atoms with Gasteiger partial charge in [0.25, 0.3) is 5.91 Å². The van der Waals surface area contributed by atoms with Crippen LogP contribution in [0.25, 0.3) is 0 Å². The van der Waals surface area contributed by atoms with Gasteiger partial charge in [0.2, 0.25) is 0 Å². The Morgan fingerprint density at radius 3 is 2.65 bits per heavy atom. The van der Waals surface area contributed by atoms with E-state index in [1.165, 1.54) is 23.6 Å². The number of anilines is 1. The lowest BCUT2D eigenvalue weighted by Gasteiger charge is -2.05. The number of aryl methyl sites for hydroxylation is 1. The summed E-state index contributed by atoms with van der Waals surface area (Å²) in [6, 6.07) is 4.37. The molecule has 8 heteroatoms. The Balaban J connectivity index is 2.22. The first-order chi connectivity index (χ1) is 9.27. The van der Waals surface area contributed by atoms with Gasteiger partial charge in [-0.3, -0.25) is 10.1 Å². The molecule has 0 saturated heterocycles. The maximum atomic E-state index is 12.0. The van der Waals surface area contributed by atoms with Crippen LogP contribution in [0.1, 0.15) is 15.9 Å². The van der Waals surface area contributed by atoms with Gasteiger partial charge in [-0.25, -0.2) is 13.4 Å². The predicted molar refractivity (Wildman–Crippen MR) is 76.0 cm³/mol. The zero-order valence-electron chi connectivity index (χ0n) is 10.7. The highest BCUT2D eigenvalue weighted by molar-refractivity contribution is 7.90. The molecule has 1 aromatic heterocycles. The van der Waals surface area contributed by atoms with Gasteiger partial charge in [-0.2, -0.15) is 0 Å². The molecule has 0 atom stereocenters. The number of thiazole rings is 1. The second-order valence-corrected chi connectivity index (χ2v) is 7.04. The summed E-state index contributed by atoms with van der Waals surface area (Å²) >= 11 is 1.04. The van der Waals surface area contributed by atoms with Gasteiger partial charge in [0.15, 0.2) is 20.0 Å². The molecule has 0 aliphatic heterocycles. The topological polar surface area (TPSA) is 96.4 Å². The number of rotatable bonds is 3. The van der Waals surface area contributed by atoms with Crippen molar-refractivity contribution in [2.45, 2.75) is 11.9 Å². The number of sulfone groups is 1. The van der Waals surface area contributed by atoms with E-state index in [1.54, 1.807) is 6.92 Å². The average Bonchev–Trinajstić information content (AvgIpc) is 2.76. The van der Waals surface area contributed by atoms with E-state index in [4.69, 9.17) is 0 Å². The van der Waals surface area contributed by atoms with Crippen LogP contribution < -0.4 is 5.32 Å². The Morgan fingerprint density at radius 2 is 2.10 bits per heavy atom. The second-order valence-electron chi connectivity index (χ2n) is 4.22. The molecule has 1 amide bonds. The van der Waals surface area contributed by atoms with Gasteiger partial charge in [0.1, 0.15) is 5.75 Å². The maximum Gasteiger partial charge on any atom is 0.257 e. The van der Waals surface area contributed by atoms with Gasteiger partial charge in [-0.15, -0.1) is 11.3 Å². The monoisotopic (exact) mass is 312 g/mol. The van der Waals surface area contributed by atoms with Crippen LogP contribution in [0.3, 0.4) is 0 Å². The molecule has 1 heterocycles. The Labute approximate surface area is 120 Å². The third kappa shape index (κ3) is 3.14. The lowest BCUT2D eigenvalue weighted by atomic mass is 10.1. The van der Waals surface area contributed by atoms with Gasteiger partial charge >= 0.3 is 0 Å². The Bertz CT molecular complexity index is 766. The summed E-state index contributed by atoms with van der Waals surface area (Å²) in [4.78, 5) is 15.9. The fourth-order valence-corrected chi connectivity index (χ4v) is 3.28. The number of amides is 1. The average molecular weight is 312 g/mol. The van der Waals surface area contributed by atoms with Gasteiger partial charge in [0, 0.05) is 17.2 Å². The van der Waals surface area contributed by atoms with E-state index in [-0.39, 0.29) is 15.9 Å². The predicted octanol–water partition coefficient (Wildman–Crippen LogP) is 1.81. The van der Waals surface area contributed by atoms with Crippen molar-refractivity contribution in [2.24, 2.45) is 0 Å². The van der Waals surface area contributed by atoms with E-state index in [9.17, 15) is 18.3 Å². The second kappa shape index (κ2) is 5.22. The fourth-order valence-electron chi connectivity index (χ4n) is 1.55. The zero-order chi connectivity index (χ0) is 14.9. The van der Waals surface area contributed by atoms with Crippen molar-refractivity contribution in [1.82, 2.24) is 4.98 Å². The van der Waals surface area contributed by atoms with E-state index < -0.39 is 15.7 Å². The molecule has 0 radical (unpaired) electrons. The summed E-state index contributed by atoms with van der Waals surface area (Å²) in [5.41, 5.74) is 1.00. The molecule has 0 spiro atoms. The maximum absolute atomic E-state index is 12.0. The molecule has 106 valence electrons. The lowest BCUT2D eigenvalue weighted by molar-refractivity contribution is 0.102. The van der Waals surface area contributed by atoms with Crippen LogP contribution in [-0.4, -0.2) is 30.7 Å². The number of phenols is 1. The smallest absolute Gasteiger partial charge is 0.257 e. The largest absolute Gasteiger partial charge is 0.508 e. The first kappa shape index (κ1) is 14.5. The molecule has 0 bridgehead atoms. The third-order valence-electron chi connectivity index (χ3n) is 2.54. The number of nitrogens with zero attached hydrogens (tertiary/aromatic N) is 1. The molecule has 0 aliphatic rings. The standard InChI is InChI=1S/C12H12N2O4S2/c1-7-5-8(15)3-4-9(7)11(16)14-12-13-10(6-19-12)20(2,17)18/h3-6,15H,1-2H3,(H,13,14,16). The molecule has 6 nitrogen and oxygen atoms in total. The van der Waals surface area contributed by atoms with Crippen molar-refractivity contribution in [3.8, 4) is 5.75 Å². The van der Waals surface area contributed by atoms with Gasteiger partial charge in [-0.1, -0.05) is 0 Å². The van der Waals surface area contributed by atoms with E-state index in [2.05, 4.69) is 10.3 Å². The molecule has 1 aromatic carbocycles. The quantitative estimate of drug-likeness (QED) is 0.901. The van der Waals surface area contributed by atoms with Crippen molar-refractivity contribution in [3.05, 3.63) is 34.7 Å². The molecule has 0 unspecified atom stereocenters. The highest BCUT2D eigenvalue weighted by Crippen LogP contribution is 2.21. The van der Waals surface area contributed by atoms with Crippen LogP contribution in [0.5, 0.6) is 5.75 Å². The molecule has 2 aromatic rings. The molecule has 0 saturated carbocycles. The summed E-state index contributed by atoms with van der Waals surface area (Å²) < 4.78 is 22.6. The van der Waals surface area contributed by atoms with Crippen molar-refractivity contribution in [2.75, 3.05) is 11.6 Å².